The molecule has 0 saturated carbocycles. The van der Waals surface area contributed by atoms with Crippen molar-refractivity contribution in [2.75, 3.05) is 5.32 Å². The van der Waals surface area contributed by atoms with Gasteiger partial charge in [0.05, 0.1) is 11.9 Å². The van der Waals surface area contributed by atoms with Gasteiger partial charge in [0.2, 0.25) is 11.9 Å². The molecule has 0 aromatic carbocycles. The molecule has 0 radical (unpaired) electrons. The van der Waals surface area contributed by atoms with Gasteiger partial charge in [-0.2, -0.15) is 8.78 Å². The fourth-order valence-electron chi connectivity index (χ4n) is 1.20. The molecule has 4 nitrogen and oxygen atoms in total. The fourth-order valence-corrected chi connectivity index (χ4v) is 1.20. The van der Waals surface area contributed by atoms with Gasteiger partial charge in [-0.15, -0.1) is 0 Å². The minimum absolute atomic E-state index is 0.127. The van der Waals surface area contributed by atoms with E-state index in [1.54, 1.807) is 0 Å². The largest absolute Gasteiger partial charge is 0.321 e. The van der Waals surface area contributed by atoms with Crippen LogP contribution in [-0.2, 0) is 0 Å². The number of aromatic nitrogens is 2. The first-order valence-corrected chi connectivity index (χ1v) is 4.69. The van der Waals surface area contributed by atoms with E-state index in [0.717, 1.165) is 12.1 Å². The van der Waals surface area contributed by atoms with Crippen LogP contribution in [-0.4, -0.2) is 15.9 Å². The monoisotopic (exact) mass is 235 g/mol. The summed E-state index contributed by atoms with van der Waals surface area (Å²) < 4.78 is 25.3. The molecule has 86 valence electrons. The van der Waals surface area contributed by atoms with Crippen molar-refractivity contribution in [3.8, 4) is 0 Å². The average molecular weight is 235 g/mol. The Morgan fingerprint density at radius 2 is 1.94 bits per heavy atom. The Bertz CT molecular complexity index is 543. The highest BCUT2D eigenvalue weighted by atomic mass is 19.1. The van der Waals surface area contributed by atoms with Crippen LogP contribution in [0.5, 0.6) is 0 Å². The number of rotatable bonds is 2. The van der Waals surface area contributed by atoms with Crippen LogP contribution in [0, 0.1) is 11.9 Å². The van der Waals surface area contributed by atoms with Crippen LogP contribution in [0.4, 0.5) is 14.5 Å². The highest BCUT2D eigenvalue weighted by Gasteiger charge is 2.07. The van der Waals surface area contributed by atoms with E-state index in [9.17, 15) is 13.6 Å². The van der Waals surface area contributed by atoms with E-state index in [1.807, 2.05) is 0 Å². The summed E-state index contributed by atoms with van der Waals surface area (Å²) in [5.41, 5.74) is 0.454. The summed E-state index contributed by atoms with van der Waals surface area (Å²) in [5, 5.41) is 2.45. The molecule has 2 heterocycles. The maximum absolute atomic E-state index is 12.8. The van der Waals surface area contributed by atoms with E-state index in [4.69, 9.17) is 0 Å². The molecule has 0 bridgehead atoms. The van der Waals surface area contributed by atoms with Crippen molar-refractivity contribution in [2.45, 2.75) is 0 Å². The van der Waals surface area contributed by atoms with Crippen LogP contribution < -0.4 is 5.32 Å². The van der Waals surface area contributed by atoms with Crippen LogP contribution in [0.3, 0.4) is 0 Å². The Balaban J connectivity index is 2.14. The molecule has 0 spiro atoms. The van der Waals surface area contributed by atoms with Gasteiger partial charge in [-0.3, -0.25) is 4.79 Å². The van der Waals surface area contributed by atoms with E-state index < -0.39 is 17.8 Å². The van der Waals surface area contributed by atoms with Gasteiger partial charge in [-0.05, 0) is 18.2 Å². The Kier molecular flexibility index (Phi) is 3.04. The second-order valence-electron chi connectivity index (χ2n) is 3.19. The van der Waals surface area contributed by atoms with Crippen molar-refractivity contribution in [2.24, 2.45) is 0 Å². The van der Waals surface area contributed by atoms with Crippen LogP contribution in [0.15, 0.2) is 36.7 Å². The first-order valence-electron chi connectivity index (χ1n) is 4.69. The lowest BCUT2D eigenvalue weighted by molar-refractivity contribution is 0.102. The zero-order chi connectivity index (χ0) is 12.3. The smallest absolute Gasteiger partial charge is 0.255 e. The normalized spacial score (nSPS) is 10.0. The lowest BCUT2D eigenvalue weighted by Gasteiger charge is -2.04. The second kappa shape index (κ2) is 4.65. The molecule has 2 rings (SSSR count). The fraction of sp³-hybridized carbons (Fsp3) is 0. The van der Waals surface area contributed by atoms with Crippen molar-refractivity contribution in [1.29, 1.82) is 0 Å². The quantitative estimate of drug-likeness (QED) is 0.810. The third-order valence-corrected chi connectivity index (χ3v) is 1.97. The van der Waals surface area contributed by atoms with Crippen molar-refractivity contribution in [3.05, 3.63) is 54.1 Å². The van der Waals surface area contributed by atoms with Crippen LogP contribution >= 0.6 is 0 Å². The molecule has 1 amide bonds. The molecule has 0 atom stereocenters. The Morgan fingerprint density at radius 1 is 1.12 bits per heavy atom. The Morgan fingerprint density at radius 3 is 2.59 bits per heavy atom. The third-order valence-electron chi connectivity index (χ3n) is 1.97. The lowest BCUT2D eigenvalue weighted by atomic mass is 10.2. The number of halogens is 2. The molecule has 0 saturated heterocycles. The van der Waals surface area contributed by atoms with Crippen LogP contribution in [0.25, 0.3) is 0 Å². The van der Waals surface area contributed by atoms with Crippen molar-refractivity contribution in [1.82, 2.24) is 9.97 Å². The molecule has 0 unspecified atom stereocenters. The number of nitrogens with zero attached hydrogens (tertiary/aromatic N) is 2. The predicted octanol–water partition coefficient (Wildman–Crippen LogP) is 2.01. The summed E-state index contributed by atoms with van der Waals surface area (Å²) in [6, 6.07) is 4.85. The number of carbonyl (C=O) groups excluding carboxylic acids is 1. The van der Waals surface area contributed by atoms with E-state index >= 15 is 0 Å². The standard InChI is InChI=1S/C11H7F2N3O/c12-9-2-1-8(6-15-9)16-11(17)7-3-4-14-10(13)5-7/h1-6H,(H,16,17). The summed E-state index contributed by atoms with van der Waals surface area (Å²) >= 11 is 0. The molecule has 17 heavy (non-hydrogen) atoms. The van der Waals surface area contributed by atoms with E-state index in [1.165, 1.54) is 24.5 Å². The van der Waals surface area contributed by atoms with Gasteiger partial charge in [0, 0.05) is 17.8 Å². The summed E-state index contributed by atoms with van der Waals surface area (Å²) in [4.78, 5) is 18.3. The molecule has 1 N–H and O–H groups in total. The third kappa shape index (κ3) is 2.81. The lowest BCUT2D eigenvalue weighted by Crippen LogP contribution is -2.12. The highest BCUT2D eigenvalue weighted by Crippen LogP contribution is 2.08. The second-order valence-corrected chi connectivity index (χ2v) is 3.19. The average Bonchev–Trinajstić information content (AvgIpc) is 2.32. The molecule has 0 fully saturated rings. The van der Waals surface area contributed by atoms with Crippen molar-refractivity contribution >= 4 is 11.6 Å². The molecule has 6 heteroatoms. The first-order chi connectivity index (χ1) is 8.15. The Labute approximate surface area is 95.3 Å². The molecule has 2 aromatic heterocycles. The molecule has 2 aromatic rings. The maximum atomic E-state index is 12.8. The van der Waals surface area contributed by atoms with Crippen LogP contribution in [0.1, 0.15) is 10.4 Å². The molecule has 0 aliphatic carbocycles. The molecule has 0 aliphatic rings. The highest BCUT2D eigenvalue weighted by molar-refractivity contribution is 6.04. The summed E-state index contributed by atoms with van der Waals surface area (Å²) in [7, 11) is 0. The summed E-state index contributed by atoms with van der Waals surface area (Å²) in [6.45, 7) is 0. The minimum Gasteiger partial charge on any atom is -0.321 e. The number of anilines is 1. The molecular weight excluding hydrogens is 228 g/mol. The maximum Gasteiger partial charge on any atom is 0.255 e. The van der Waals surface area contributed by atoms with Gasteiger partial charge in [0.25, 0.3) is 5.91 Å². The van der Waals surface area contributed by atoms with Crippen LogP contribution in [0.2, 0.25) is 0 Å². The zero-order valence-corrected chi connectivity index (χ0v) is 8.52. The van der Waals surface area contributed by atoms with E-state index in [2.05, 4.69) is 15.3 Å². The number of amides is 1. The number of carbonyl (C=O) groups is 1. The number of nitrogens with one attached hydrogen (secondary N) is 1. The number of hydrogen-bond acceptors (Lipinski definition) is 3. The predicted molar refractivity (Wildman–Crippen MR) is 56.3 cm³/mol. The van der Waals surface area contributed by atoms with Gasteiger partial charge in [-0.1, -0.05) is 0 Å². The van der Waals surface area contributed by atoms with Crippen molar-refractivity contribution < 1.29 is 13.6 Å². The van der Waals surface area contributed by atoms with Gasteiger partial charge in [0.15, 0.2) is 0 Å². The minimum atomic E-state index is -0.741. The Hall–Kier alpha value is -2.37. The zero-order valence-electron chi connectivity index (χ0n) is 8.52. The van der Waals surface area contributed by atoms with Gasteiger partial charge < -0.3 is 5.32 Å². The summed E-state index contributed by atoms with van der Waals surface area (Å²) in [6.07, 6.45) is 2.36. The summed E-state index contributed by atoms with van der Waals surface area (Å²) in [5.74, 6) is -1.90. The van der Waals surface area contributed by atoms with Gasteiger partial charge in [-0.25, -0.2) is 9.97 Å². The van der Waals surface area contributed by atoms with Crippen molar-refractivity contribution in [3.63, 3.8) is 0 Å². The van der Waals surface area contributed by atoms with Gasteiger partial charge in [0.1, 0.15) is 0 Å². The number of hydrogen-bond donors (Lipinski definition) is 1. The molecule has 0 aliphatic heterocycles. The first kappa shape index (κ1) is 11.1. The molecular formula is C11H7F2N3O. The SMILES string of the molecule is O=C(Nc1ccc(F)nc1)c1ccnc(F)c1. The number of pyridine rings is 2. The van der Waals surface area contributed by atoms with E-state index in [-0.39, 0.29) is 5.56 Å². The van der Waals surface area contributed by atoms with Gasteiger partial charge >= 0.3 is 0 Å². The topological polar surface area (TPSA) is 54.9 Å². The van der Waals surface area contributed by atoms with E-state index in [0.29, 0.717) is 5.69 Å².